The largest absolute Gasteiger partial charge is 0.480 e. The summed E-state index contributed by atoms with van der Waals surface area (Å²) in [4.78, 5) is 44.8. The van der Waals surface area contributed by atoms with Crippen molar-refractivity contribution in [1.29, 1.82) is 5.26 Å². The number of aromatic nitrogens is 2. The molecule has 2 fully saturated rings. The van der Waals surface area contributed by atoms with E-state index in [9.17, 15) is 19.6 Å². The normalized spacial score (nSPS) is 22.1. The minimum atomic E-state index is -0.535. The highest BCUT2D eigenvalue weighted by molar-refractivity contribution is 5.95. The van der Waals surface area contributed by atoms with Crippen molar-refractivity contribution in [2.24, 2.45) is 0 Å². The van der Waals surface area contributed by atoms with Crippen molar-refractivity contribution in [2.75, 3.05) is 27.2 Å². The zero-order valence-electron chi connectivity index (χ0n) is 14.9. The van der Waals surface area contributed by atoms with Gasteiger partial charge in [-0.1, -0.05) is 0 Å². The van der Waals surface area contributed by atoms with Gasteiger partial charge in [0.2, 0.25) is 17.7 Å². The van der Waals surface area contributed by atoms with Crippen molar-refractivity contribution in [3.63, 3.8) is 0 Å². The molecule has 9 heteroatoms. The Morgan fingerprint density at radius 1 is 1.33 bits per heavy atom. The van der Waals surface area contributed by atoms with Crippen molar-refractivity contribution >= 4 is 22.7 Å². The molecule has 0 N–H and O–H groups in total. The number of carbonyl (C=O) groups excluding carboxylic acids is 2. The fourth-order valence-corrected chi connectivity index (χ4v) is 3.84. The summed E-state index contributed by atoms with van der Waals surface area (Å²) in [7, 11) is 3.02. The summed E-state index contributed by atoms with van der Waals surface area (Å²) >= 11 is 0. The Bertz CT molecular complexity index is 1070. The Hall–Kier alpha value is -3.41. The van der Waals surface area contributed by atoms with E-state index in [1.54, 1.807) is 24.2 Å². The van der Waals surface area contributed by atoms with Gasteiger partial charge in [-0.25, -0.2) is 4.98 Å². The predicted molar refractivity (Wildman–Crippen MR) is 94.1 cm³/mol. The van der Waals surface area contributed by atoms with Crippen LogP contribution in [0.15, 0.2) is 23.1 Å². The van der Waals surface area contributed by atoms with Gasteiger partial charge in [0.1, 0.15) is 17.7 Å². The molecule has 2 aliphatic heterocycles. The van der Waals surface area contributed by atoms with Gasteiger partial charge in [-0.3, -0.25) is 14.4 Å². The molecule has 2 saturated heterocycles. The Morgan fingerprint density at radius 3 is 2.81 bits per heavy atom. The molecular formula is C18H17N5O4. The fourth-order valence-electron chi connectivity index (χ4n) is 3.84. The smallest absolute Gasteiger partial charge is 0.260 e. The van der Waals surface area contributed by atoms with Crippen molar-refractivity contribution < 1.29 is 14.3 Å². The minimum absolute atomic E-state index is 0.0594. The fraction of sp³-hybridized carbons (Fsp3) is 0.389. The number of likely N-dealkylation sites (N-methyl/N-ethyl adjacent to an activating group) is 1. The molecule has 0 radical (unpaired) electrons. The highest BCUT2D eigenvalue weighted by atomic mass is 16.5. The van der Waals surface area contributed by atoms with Crippen LogP contribution in [0.25, 0.3) is 10.9 Å². The number of nitriles is 1. The standard InChI is InChI=1S/C18H17N5O4/c1-21-9-15(24)23-8-11(6-14(23)18(21)26)22-4-3-13-12(17(22)25)5-10(7-19)16(20-13)27-2/h3-5,11,14H,6,8-9H2,1-2H3/t11-,14-/m0/s1. The average molecular weight is 367 g/mol. The second-order valence-corrected chi connectivity index (χ2v) is 6.76. The van der Waals surface area contributed by atoms with E-state index in [1.807, 2.05) is 6.07 Å². The maximum atomic E-state index is 13.0. The number of piperazine rings is 1. The van der Waals surface area contributed by atoms with Crippen molar-refractivity contribution in [3.8, 4) is 11.9 Å². The SMILES string of the molecule is COc1nc2ccn([C@H]3C[C@H]4C(=O)N(C)CC(=O)N4C3)c(=O)c2cc1C#N. The molecule has 27 heavy (non-hydrogen) atoms. The van der Waals surface area contributed by atoms with E-state index >= 15 is 0 Å². The van der Waals surface area contributed by atoms with Crippen LogP contribution in [0, 0.1) is 11.3 Å². The first kappa shape index (κ1) is 17.0. The molecule has 0 spiro atoms. The molecule has 0 bridgehead atoms. The summed E-state index contributed by atoms with van der Waals surface area (Å²) in [6, 6.07) is 4.27. The van der Waals surface area contributed by atoms with Gasteiger partial charge in [-0.2, -0.15) is 5.26 Å². The number of rotatable bonds is 2. The monoisotopic (exact) mass is 367 g/mol. The quantitative estimate of drug-likeness (QED) is 0.733. The second-order valence-electron chi connectivity index (χ2n) is 6.76. The lowest BCUT2D eigenvalue weighted by molar-refractivity contribution is -0.152. The van der Waals surface area contributed by atoms with Crippen LogP contribution < -0.4 is 10.3 Å². The summed E-state index contributed by atoms with van der Waals surface area (Å²) in [5.41, 5.74) is 0.294. The van der Waals surface area contributed by atoms with Crippen LogP contribution in [0.1, 0.15) is 18.0 Å². The topological polar surface area (TPSA) is 109 Å². The van der Waals surface area contributed by atoms with Crippen LogP contribution in [-0.4, -0.2) is 64.5 Å². The van der Waals surface area contributed by atoms with Gasteiger partial charge in [0, 0.05) is 19.8 Å². The molecule has 4 heterocycles. The van der Waals surface area contributed by atoms with E-state index in [4.69, 9.17) is 4.74 Å². The van der Waals surface area contributed by atoms with Crippen LogP contribution in [0.4, 0.5) is 0 Å². The molecule has 0 saturated carbocycles. The first-order valence-corrected chi connectivity index (χ1v) is 8.49. The third-order valence-electron chi connectivity index (χ3n) is 5.22. The van der Waals surface area contributed by atoms with E-state index in [-0.39, 0.29) is 41.4 Å². The van der Waals surface area contributed by atoms with E-state index < -0.39 is 6.04 Å². The van der Waals surface area contributed by atoms with Crippen LogP contribution >= 0.6 is 0 Å². The summed E-state index contributed by atoms with van der Waals surface area (Å²) in [6.45, 7) is 0.368. The summed E-state index contributed by atoms with van der Waals surface area (Å²) in [6.07, 6.45) is 2.00. The van der Waals surface area contributed by atoms with Gasteiger partial charge in [0.25, 0.3) is 5.56 Å². The molecule has 2 atom stereocenters. The number of fused-ring (bicyclic) bond motifs is 2. The molecule has 2 aromatic rings. The van der Waals surface area contributed by atoms with E-state index in [0.29, 0.717) is 23.9 Å². The zero-order valence-corrected chi connectivity index (χ0v) is 14.9. The first-order valence-electron chi connectivity index (χ1n) is 8.49. The van der Waals surface area contributed by atoms with Gasteiger partial charge in [0.15, 0.2) is 0 Å². The number of hydrogen-bond donors (Lipinski definition) is 0. The molecule has 0 aliphatic carbocycles. The van der Waals surface area contributed by atoms with Gasteiger partial charge in [-0.05, 0) is 18.6 Å². The number of carbonyl (C=O) groups is 2. The minimum Gasteiger partial charge on any atom is -0.480 e. The highest BCUT2D eigenvalue weighted by Crippen LogP contribution is 2.30. The van der Waals surface area contributed by atoms with Crippen LogP contribution in [-0.2, 0) is 9.59 Å². The first-order chi connectivity index (χ1) is 12.9. The molecule has 138 valence electrons. The van der Waals surface area contributed by atoms with Gasteiger partial charge >= 0.3 is 0 Å². The molecule has 0 aromatic carbocycles. The molecule has 0 unspecified atom stereocenters. The average Bonchev–Trinajstić information content (AvgIpc) is 3.11. The van der Waals surface area contributed by atoms with Crippen molar-refractivity contribution in [1.82, 2.24) is 19.4 Å². The van der Waals surface area contributed by atoms with Gasteiger partial charge < -0.3 is 19.1 Å². The molecule has 9 nitrogen and oxygen atoms in total. The Labute approximate surface area is 154 Å². The second kappa shape index (κ2) is 6.09. The summed E-state index contributed by atoms with van der Waals surface area (Å²) < 4.78 is 6.61. The lowest BCUT2D eigenvalue weighted by Gasteiger charge is -2.33. The third kappa shape index (κ3) is 2.52. The maximum absolute atomic E-state index is 13.0. The van der Waals surface area contributed by atoms with Crippen molar-refractivity contribution in [3.05, 3.63) is 34.2 Å². The van der Waals surface area contributed by atoms with Gasteiger partial charge in [-0.15, -0.1) is 0 Å². The predicted octanol–water partition coefficient (Wildman–Crippen LogP) is -0.109. The number of methoxy groups -OCH3 is 1. The zero-order chi connectivity index (χ0) is 19.3. The van der Waals surface area contributed by atoms with Crippen LogP contribution in [0.2, 0.25) is 0 Å². The lowest BCUT2D eigenvalue weighted by atomic mass is 10.1. The number of pyridine rings is 2. The number of ether oxygens (including phenoxy) is 1. The molecule has 2 aliphatic rings. The van der Waals surface area contributed by atoms with Crippen LogP contribution in [0.5, 0.6) is 5.88 Å². The number of amides is 2. The number of hydrogen-bond acceptors (Lipinski definition) is 6. The van der Waals surface area contributed by atoms with E-state index in [2.05, 4.69) is 4.98 Å². The summed E-state index contributed by atoms with van der Waals surface area (Å²) in [5.74, 6) is -0.0555. The highest BCUT2D eigenvalue weighted by Gasteiger charge is 2.45. The lowest BCUT2D eigenvalue weighted by Crippen LogP contribution is -2.55. The Morgan fingerprint density at radius 2 is 2.11 bits per heavy atom. The number of nitrogens with zero attached hydrogens (tertiary/aromatic N) is 5. The molecule has 2 amide bonds. The van der Waals surface area contributed by atoms with Crippen molar-refractivity contribution in [2.45, 2.75) is 18.5 Å². The van der Waals surface area contributed by atoms with Gasteiger partial charge in [0.05, 0.1) is 30.6 Å². The van der Waals surface area contributed by atoms with E-state index in [0.717, 1.165) is 0 Å². The van der Waals surface area contributed by atoms with Crippen LogP contribution in [0.3, 0.4) is 0 Å². The molecule has 4 rings (SSSR count). The maximum Gasteiger partial charge on any atom is 0.260 e. The Balaban J connectivity index is 1.76. The van der Waals surface area contributed by atoms with E-state index in [1.165, 1.54) is 22.6 Å². The molecule has 2 aromatic heterocycles. The Kier molecular flexibility index (Phi) is 3.84. The third-order valence-corrected chi connectivity index (χ3v) is 5.22. The summed E-state index contributed by atoms with van der Waals surface area (Å²) in [5, 5.41) is 9.54. The molecular weight excluding hydrogens is 350 g/mol.